The zero-order valence-electron chi connectivity index (χ0n) is 8.16. The maximum absolute atomic E-state index is 5.59. The molecule has 78 valence electrons. The molecular weight excluding hydrogens is 216 g/mol. The second kappa shape index (κ2) is 8.06. The summed E-state index contributed by atoms with van der Waals surface area (Å²) in [7, 11) is 0. The summed E-state index contributed by atoms with van der Waals surface area (Å²) in [6, 6.07) is 0. The molecule has 1 aromatic heterocycles. The fourth-order valence-corrected chi connectivity index (χ4v) is 2.10. The number of hydrogen-bond donors (Lipinski definition) is 0. The summed E-state index contributed by atoms with van der Waals surface area (Å²) in [5.41, 5.74) is 0. The first-order valence-electron chi connectivity index (χ1n) is 4.88. The number of unbranched alkanes of at least 4 members (excludes halogenated alkanes) is 3. The van der Waals surface area contributed by atoms with Crippen molar-refractivity contribution < 1.29 is 0 Å². The molecule has 0 bridgehead atoms. The summed E-state index contributed by atoms with van der Waals surface area (Å²) in [6.45, 7) is 0. The SMILES string of the molecule is ClCCCCCCSc1cnccn1. The first-order valence-corrected chi connectivity index (χ1v) is 6.40. The second-order valence-corrected chi connectivity index (χ2v) is 4.49. The van der Waals surface area contributed by atoms with E-state index in [9.17, 15) is 0 Å². The highest BCUT2D eigenvalue weighted by molar-refractivity contribution is 7.99. The van der Waals surface area contributed by atoms with Crippen molar-refractivity contribution in [1.29, 1.82) is 0 Å². The lowest BCUT2D eigenvalue weighted by molar-refractivity contribution is 0.709. The zero-order valence-corrected chi connectivity index (χ0v) is 9.73. The molecule has 2 nitrogen and oxygen atoms in total. The van der Waals surface area contributed by atoms with Gasteiger partial charge in [-0.15, -0.1) is 23.4 Å². The topological polar surface area (TPSA) is 25.8 Å². The summed E-state index contributed by atoms with van der Waals surface area (Å²) in [4.78, 5) is 8.20. The lowest BCUT2D eigenvalue weighted by atomic mass is 10.2. The van der Waals surface area contributed by atoms with Crippen LogP contribution in [0.5, 0.6) is 0 Å². The molecule has 0 spiro atoms. The van der Waals surface area contributed by atoms with E-state index in [1.54, 1.807) is 24.2 Å². The molecule has 1 rings (SSSR count). The summed E-state index contributed by atoms with van der Waals surface area (Å²) in [6.07, 6.45) is 10.1. The average molecular weight is 231 g/mol. The number of thioether (sulfide) groups is 1. The normalized spacial score (nSPS) is 10.4. The van der Waals surface area contributed by atoms with Crippen molar-refractivity contribution >= 4 is 23.4 Å². The van der Waals surface area contributed by atoms with Crippen molar-refractivity contribution in [2.45, 2.75) is 30.7 Å². The Kier molecular flexibility index (Phi) is 6.79. The van der Waals surface area contributed by atoms with Crippen LogP contribution in [0.25, 0.3) is 0 Å². The third-order valence-corrected chi connectivity index (χ3v) is 3.08. The Labute approximate surface area is 94.5 Å². The van der Waals surface area contributed by atoms with Crippen LogP contribution in [0.3, 0.4) is 0 Å². The van der Waals surface area contributed by atoms with Crippen molar-refractivity contribution in [3.63, 3.8) is 0 Å². The predicted molar refractivity (Wildman–Crippen MR) is 61.9 cm³/mol. The number of nitrogens with zero attached hydrogens (tertiary/aromatic N) is 2. The molecule has 0 aliphatic heterocycles. The molecule has 14 heavy (non-hydrogen) atoms. The Hall–Kier alpha value is -0.280. The molecule has 0 aromatic carbocycles. The van der Waals surface area contributed by atoms with Crippen LogP contribution < -0.4 is 0 Å². The maximum Gasteiger partial charge on any atom is 0.114 e. The van der Waals surface area contributed by atoms with E-state index in [1.165, 1.54) is 19.3 Å². The highest BCUT2D eigenvalue weighted by atomic mass is 35.5. The Morgan fingerprint density at radius 1 is 1.14 bits per heavy atom. The monoisotopic (exact) mass is 230 g/mol. The molecule has 0 aliphatic carbocycles. The van der Waals surface area contributed by atoms with Gasteiger partial charge in [-0.2, -0.15) is 0 Å². The second-order valence-electron chi connectivity index (χ2n) is 3.00. The van der Waals surface area contributed by atoms with Crippen molar-refractivity contribution in [2.24, 2.45) is 0 Å². The summed E-state index contributed by atoms with van der Waals surface area (Å²) in [5.74, 6) is 1.91. The van der Waals surface area contributed by atoms with Gasteiger partial charge in [-0.25, -0.2) is 4.98 Å². The molecule has 1 heterocycles. The molecule has 0 saturated carbocycles. The number of aromatic nitrogens is 2. The van der Waals surface area contributed by atoms with Crippen molar-refractivity contribution in [1.82, 2.24) is 9.97 Å². The zero-order chi connectivity index (χ0) is 10.1. The van der Waals surface area contributed by atoms with E-state index in [-0.39, 0.29) is 0 Å². The Morgan fingerprint density at radius 2 is 2.00 bits per heavy atom. The van der Waals surface area contributed by atoms with Crippen molar-refractivity contribution in [2.75, 3.05) is 11.6 Å². The van der Waals surface area contributed by atoms with Gasteiger partial charge in [-0.1, -0.05) is 12.8 Å². The van der Waals surface area contributed by atoms with Crippen LogP contribution >= 0.6 is 23.4 Å². The first-order chi connectivity index (χ1) is 6.93. The molecule has 0 aliphatic rings. The molecule has 0 unspecified atom stereocenters. The molecule has 0 saturated heterocycles. The third kappa shape index (κ3) is 5.45. The van der Waals surface area contributed by atoms with Crippen molar-refractivity contribution in [3.8, 4) is 0 Å². The van der Waals surface area contributed by atoms with E-state index in [4.69, 9.17) is 11.6 Å². The molecule has 1 aromatic rings. The van der Waals surface area contributed by atoms with Gasteiger partial charge in [-0.3, -0.25) is 4.98 Å². The van der Waals surface area contributed by atoms with Crippen LogP contribution in [0.15, 0.2) is 23.6 Å². The molecule has 0 fully saturated rings. The maximum atomic E-state index is 5.59. The van der Waals surface area contributed by atoms with Crippen LogP contribution in [0.1, 0.15) is 25.7 Å². The van der Waals surface area contributed by atoms with E-state index in [0.29, 0.717) is 0 Å². The average Bonchev–Trinajstić information content (AvgIpc) is 2.25. The molecular formula is C10H15ClN2S. The first kappa shape index (κ1) is 11.8. The number of alkyl halides is 1. The number of rotatable bonds is 7. The number of halogens is 1. The molecule has 0 radical (unpaired) electrons. The van der Waals surface area contributed by atoms with Crippen LogP contribution in [0, 0.1) is 0 Å². The van der Waals surface area contributed by atoms with Gasteiger partial charge in [0.05, 0.1) is 6.20 Å². The standard InChI is InChI=1S/C10H15ClN2S/c11-5-3-1-2-4-8-14-10-9-12-6-7-13-10/h6-7,9H,1-5,8H2. The van der Waals surface area contributed by atoms with E-state index in [1.807, 2.05) is 6.20 Å². The predicted octanol–water partition coefficient (Wildman–Crippen LogP) is 3.37. The van der Waals surface area contributed by atoms with Gasteiger partial charge >= 0.3 is 0 Å². The molecule has 4 heteroatoms. The van der Waals surface area contributed by atoms with Gasteiger partial charge in [0.1, 0.15) is 5.03 Å². The fourth-order valence-electron chi connectivity index (χ4n) is 1.09. The van der Waals surface area contributed by atoms with Crippen LogP contribution in [0.4, 0.5) is 0 Å². The summed E-state index contributed by atoms with van der Waals surface area (Å²) >= 11 is 7.36. The van der Waals surface area contributed by atoms with Crippen LogP contribution in [-0.4, -0.2) is 21.6 Å². The number of hydrogen-bond acceptors (Lipinski definition) is 3. The van der Waals surface area contributed by atoms with Gasteiger partial charge in [0.15, 0.2) is 0 Å². The lowest BCUT2D eigenvalue weighted by Gasteiger charge is -1.99. The minimum atomic E-state index is 0.789. The molecule has 0 N–H and O–H groups in total. The van der Waals surface area contributed by atoms with Crippen molar-refractivity contribution in [3.05, 3.63) is 18.6 Å². The van der Waals surface area contributed by atoms with Gasteiger partial charge in [0.25, 0.3) is 0 Å². The molecule has 0 atom stereocenters. The highest BCUT2D eigenvalue weighted by Crippen LogP contribution is 2.15. The minimum absolute atomic E-state index is 0.789. The molecule has 0 amide bonds. The van der Waals surface area contributed by atoms with E-state index in [2.05, 4.69) is 9.97 Å². The minimum Gasteiger partial charge on any atom is -0.260 e. The fraction of sp³-hybridized carbons (Fsp3) is 0.600. The summed E-state index contributed by atoms with van der Waals surface area (Å²) in [5, 5.41) is 1.02. The van der Waals surface area contributed by atoms with Gasteiger partial charge in [0.2, 0.25) is 0 Å². The lowest BCUT2D eigenvalue weighted by Crippen LogP contribution is -1.85. The highest BCUT2D eigenvalue weighted by Gasteiger charge is 1.94. The van der Waals surface area contributed by atoms with Crippen LogP contribution in [-0.2, 0) is 0 Å². The van der Waals surface area contributed by atoms with Gasteiger partial charge in [-0.05, 0) is 18.6 Å². The smallest absolute Gasteiger partial charge is 0.114 e. The quantitative estimate of drug-likeness (QED) is 0.408. The Morgan fingerprint density at radius 3 is 2.71 bits per heavy atom. The van der Waals surface area contributed by atoms with E-state index in [0.717, 1.165) is 23.1 Å². The van der Waals surface area contributed by atoms with E-state index < -0.39 is 0 Å². The summed E-state index contributed by atoms with van der Waals surface area (Å²) < 4.78 is 0. The van der Waals surface area contributed by atoms with Crippen LogP contribution in [0.2, 0.25) is 0 Å². The van der Waals surface area contributed by atoms with Gasteiger partial charge in [0, 0.05) is 18.3 Å². The third-order valence-electron chi connectivity index (χ3n) is 1.82. The largest absolute Gasteiger partial charge is 0.260 e. The Balaban J connectivity index is 1.99. The van der Waals surface area contributed by atoms with Gasteiger partial charge < -0.3 is 0 Å². The van der Waals surface area contributed by atoms with E-state index >= 15 is 0 Å². The Bertz CT molecular complexity index is 231.